The van der Waals surface area contributed by atoms with Gasteiger partial charge in [-0.3, -0.25) is 23.7 Å². The number of carbonyl (C=O) groups is 4. The number of anilines is 4. The zero-order valence-corrected chi connectivity index (χ0v) is 42.6. The van der Waals surface area contributed by atoms with Gasteiger partial charge < -0.3 is 40.8 Å². The number of nitrogens with two attached hydrogens (primary N) is 1. The number of nitrogens with one attached hydrogen (secondary N) is 2. The molecular formula is C48H71N7O9PdS2. The number of nitrogens with zero attached hydrogens (tertiary/aromatic N) is 4. The summed E-state index contributed by atoms with van der Waals surface area (Å²) in [7, 11) is 2.88. The number of fused-ring (bicyclic) bond motifs is 1. The third-order valence-electron chi connectivity index (χ3n) is 10.4. The minimum absolute atomic E-state index is 0. The Bertz CT molecular complexity index is 2000. The smallest absolute Gasteiger partial charge is 0.305 e. The number of aromatic nitrogens is 4. The number of thioether (sulfide) groups is 2. The Balaban J connectivity index is 0.000000474. The third kappa shape index (κ3) is 25.5. The van der Waals surface area contributed by atoms with Gasteiger partial charge >= 0.3 is 11.9 Å². The number of nitrogen functional groups attached to an aromatic ring is 1. The van der Waals surface area contributed by atoms with Crippen LogP contribution in [0.3, 0.4) is 0 Å². The maximum absolute atomic E-state index is 11.2. The maximum Gasteiger partial charge on any atom is 0.305 e. The number of rotatable bonds is 21. The first-order chi connectivity index (χ1) is 31.9. The molecule has 1 aliphatic carbocycles. The van der Waals surface area contributed by atoms with Crippen LogP contribution in [0, 0.1) is 0 Å². The van der Waals surface area contributed by atoms with Crippen molar-refractivity contribution in [3.8, 4) is 0 Å². The van der Waals surface area contributed by atoms with Gasteiger partial charge in [-0.25, -0.2) is 4.98 Å². The quantitative estimate of drug-likeness (QED) is 0.0172. The second-order valence-corrected chi connectivity index (χ2v) is 18.3. The molecule has 3 heterocycles. The van der Waals surface area contributed by atoms with E-state index in [-0.39, 0.29) is 38.6 Å². The molecule has 2 aromatic heterocycles. The van der Waals surface area contributed by atoms with E-state index in [9.17, 15) is 9.59 Å². The summed E-state index contributed by atoms with van der Waals surface area (Å²) in [5, 5.41) is 22.0. The number of carboxylic acid groups (broad SMARTS) is 2. The Kier molecular flexibility index (Phi) is 30.5. The minimum Gasteiger partial charge on any atom is -0.481 e. The average Bonchev–Trinajstić information content (AvgIpc) is 3.74. The molecule has 6 N–H and O–H groups in total. The number of esters is 2. The number of carbonyl (C=O) groups excluding carboxylic acids is 2. The van der Waals surface area contributed by atoms with E-state index in [1.807, 2.05) is 42.0 Å². The van der Waals surface area contributed by atoms with Crippen molar-refractivity contribution in [1.82, 2.24) is 19.5 Å². The second-order valence-electron chi connectivity index (χ2n) is 16.0. The molecule has 0 spiro atoms. The van der Waals surface area contributed by atoms with E-state index in [4.69, 9.17) is 50.0 Å². The van der Waals surface area contributed by atoms with Crippen LogP contribution in [0.4, 0.5) is 23.1 Å². The molecule has 1 saturated heterocycles. The summed E-state index contributed by atoms with van der Waals surface area (Å²) in [4.78, 5) is 57.1. The molecule has 0 bridgehead atoms. The van der Waals surface area contributed by atoms with Crippen molar-refractivity contribution in [2.45, 2.75) is 151 Å². The molecule has 0 radical (unpaired) electrons. The molecule has 6 rings (SSSR count). The van der Waals surface area contributed by atoms with Gasteiger partial charge in [0.2, 0.25) is 5.95 Å². The Morgan fingerprint density at radius 2 is 1.24 bits per heavy atom. The Hall–Kier alpha value is -4.41. The van der Waals surface area contributed by atoms with Gasteiger partial charge in [-0.1, -0.05) is 44.9 Å². The summed E-state index contributed by atoms with van der Waals surface area (Å²) < 4.78 is 17.4. The van der Waals surface area contributed by atoms with Crippen LogP contribution in [0.5, 0.6) is 0 Å². The van der Waals surface area contributed by atoms with Crippen LogP contribution >= 0.6 is 23.5 Å². The van der Waals surface area contributed by atoms with Crippen molar-refractivity contribution in [1.29, 1.82) is 0 Å². The van der Waals surface area contributed by atoms with E-state index in [1.54, 1.807) is 0 Å². The zero-order valence-electron chi connectivity index (χ0n) is 39.5. The molecule has 0 amide bonds. The molecule has 19 heteroatoms. The zero-order chi connectivity index (χ0) is 47.9. The predicted octanol–water partition coefficient (Wildman–Crippen LogP) is 10.9. The van der Waals surface area contributed by atoms with Gasteiger partial charge in [0.25, 0.3) is 11.9 Å². The normalized spacial score (nSPS) is 14.3. The predicted molar refractivity (Wildman–Crippen MR) is 264 cm³/mol. The monoisotopic (exact) mass is 1060 g/mol. The number of aliphatic carboxylic acids is 2. The minimum atomic E-state index is -0.833. The average molecular weight is 1060 g/mol. The summed E-state index contributed by atoms with van der Waals surface area (Å²) in [6, 6.07) is 16.8. The van der Waals surface area contributed by atoms with Crippen LogP contribution in [0.1, 0.15) is 136 Å². The number of hydrogen-bond acceptors (Lipinski definition) is 15. The third-order valence-corrected chi connectivity index (χ3v) is 12.6. The Morgan fingerprint density at radius 1 is 0.731 bits per heavy atom. The van der Waals surface area contributed by atoms with Crippen molar-refractivity contribution in [2.24, 2.45) is 0 Å². The summed E-state index contributed by atoms with van der Waals surface area (Å²) in [6.07, 6.45) is 20.8. The molecule has 2 fully saturated rings. The van der Waals surface area contributed by atoms with Gasteiger partial charge in [0.15, 0.2) is 17.0 Å². The van der Waals surface area contributed by atoms with Gasteiger partial charge in [0, 0.05) is 80.9 Å². The topological polar surface area (TPSA) is 230 Å². The number of ether oxygens (including phenoxy) is 3. The van der Waals surface area contributed by atoms with E-state index in [2.05, 4.69) is 56.3 Å². The van der Waals surface area contributed by atoms with Crippen molar-refractivity contribution >= 4 is 81.7 Å². The van der Waals surface area contributed by atoms with E-state index < -0.39 is 11.9 Å². The number of imidazole rings is 1. The molecule has 1 aliphatic heterocycles. The maximum atomic E-state index is 11.2. The van der Waals surface area contributed by atoms with Gasteiger partial charge in [-0.05, 0) is 118 Å². The number of benzene rings is 2. The molecule has 2 aliphatic rings. The molecular weight excluding hydrogens is 989 g/mol. The van der Waals surface area contributed by atoms with E-state index in [0.29, 0.717) is 24.8 Å². The molecule has 1 saturated carbocycles. The number of methoxy groups -OCH3 is 2. The van der Waals surface area contributed by atoms with Gasteiger partial charge in [0.05, 0.1) is 20.5 Å². The van der Waals surface area contributed by atoms with Gasteiger partial charge in [0.1, 0.15) is 6.23 Å². The van der Waals surface area contributed by atoms with Crippen LogP contribution in [0.15, 0.2) is 64.6 Å². The van der Waals surface area contributed by atoms with Crippen molar-refractivity contribution < 1.29 is 64.0 Å². The summed E-state index contributed by atoms with van der Waals surface area (Å²) in [6.45, 7) is 2.94. The van der Waals surface area contributed by atoms with Crippen LogP contribution in [0.25, 0.3) is 11.2 Å². The molecule has 374 valence electrons. The molecule has 67 heavy (non-hydrogen) atoms. The largest absolute Gasteiger partial charge is 0.481 e. The summed E-state index contributed by atoms with van der Waals surface area (Å²) in [5.41, 5.74) is 9.00. The summed E-state index contributed by atoms with van der Waals surface area (Å²) in [5.74, 6) is 1.65. The number of carboxylic acids is 2. The fourth-order valence-electron chi connectivity index (χ4n) is 7.03. The van der Waals surface area contributed by atoms with E-state index in [1.165, 1.54) is 56.1 Å². The molecule has 16 nitrogen and oxygen atoms in total. The van der Waals surface area contributed by atoms with Crippen molar-refractivity contribution in [3.05, 3.63) is 54.9 Å². The van der Waals surface area contributed by atoms with Gasteiger partial charge in [-0.15, -0.1) is 23.5 Å². The van der Waals surface area contributed by atoms with E-state index in [0.717, 1.165) is 131 Å². The van der Waals surface area contributed by atoms with E-state index >= 15 is 0 Å². The number of hydrogen-bond donors (Lipinski definition) is 5. The van der Waals surface area contributed by atoms with Crippen LogP contribution in [-0.2, 0) is 53.8 Å². The Morgan fingerprint density at radius 3 is 1.75 bits per heavy atom. The van der Waals surface area contributed by atoms with Crippen LogP contribution in [-0.4, -0.2) is 92.0 Å². The molecule has 1 unspecified atom stereocenters. The van der Waals surface area contributed by atoms with Crippen LogP contribution < -0.4 is 16.4 Å². The fourth-order valence-corrected chi connectivity index (χ4v) is 8.85. The second kappa shape index (κ2) is 34.8. The first-order valence-corrected chi connectivity index (χ1v) is 25.0. The molecule has 1 atom stereocenters. The Labute approximate surface area is 418 Å². The first kappa shape index (κ1) is 58.7. The number of unbranched alkanes of at least 4 members (excludes halogenated alkanes) is 6. The first-order valence-electron chi connectivity index (χ1n) is 23.0. The molecule has 4 aromatic rings. The SMILES string of the molecule is CC(=O)O.CC(=O)O.COC(=O)CCCCCCSc1ccc(N)cc1.COC(=O)CCCCCCSc1ccc(Nc2nc(NC3CCCCC3)c3ncn(C4CCCCO4)c3n2)cc1.[Pd]. The van der Waals surface area contributed by atoms with Crippen molar-refractivity contribution in [3.63, 3.8) is 0 Å². The fraction of sp³-hybridized carbons (Fsp3) is 0.562. The summed E-state index contributed by atoms with van der Waals surface area (Å²) >= 11 is 3.71. The molecule has 2 aromatic carbocycles. The van der Waals surface area contributed by atoms with Crippen molar-refractivity contribution in [2.75, 3.05) is 48.7 Å². The van der Waals surface area contributed by atoms with Crippen LogP contribution in [0.2, 0.25) is 0 Å². The standard InChI is InChI=1S/C30H42N6O3S.C14H21NO2S.2C2H4O2.Pd/c1-38-26(37)14-7-2-3-10-20-40-24-17-15-23(16-18-24)33-30-34-28(32-22-11-5-4-6-12-22)27-29(35-30)36(21-31-27)25-13-8-9-19-39-25;1-17-14(16)6-4-2-3-5-11-18-13-9-7-12(15)8-10-13;2*1-2(3)4;/h15-18,21-22,25H,2-14,19-20H2,1H3,(H2,32,33,34,35);7-10H,2-6,11,15H2,1H3;2*1H3,(H,3,4);. The van der Waals surface area contributed by atoms with Gasteiger partial charge in [-0.2, -0.15) is 9.97 Å².